The number of nitrogens with two attached hydrogens (primary N) is 1. The van der Waals surface area contributed by atoms with Gasteiger partial charge < -0.3 is 5.73 Å². The molecule has 3 heteroatoms. The number of nitrogens with zero attached hydrogens (tertiary/aromatic N) is 2. The van der Waals surface area contributed by atoms with Crippen molar-refractivity contribution in [3.05, 3.63) is 23.3 Å². The van der Waals surface area contributed by atoms with Crippen LogP contribution in [0.25, 0.3) is 0 Å². The van der Waals surface area contributed by atoms with Crippen LogP contribution in [-0.2, 0) is 6.42 Å². The van der Waals surface area contributed by atoms with Gasteiger partial charge in [-0.2, -0.15) is 0 Å². The van der Waals surface area contributed by atoms with Gasteiger partial charge >= 0.3 is 0 Å². The first-order chi connectivity index (χ1) is 7.17. The van der Waals surface area contributed by atoms with Crippen LogP contribution in [0.4, 0.5) is 0 Å². The summed E-state index contributed by atoms with van der Waals surface area (Å²) in [5.41, 5.74) is 7.76. The minimum atomic E-state index is 0.366. The van der Waals surface area contributed by atoms with Gasteiger partial charge in [-0.1, -0.05) is 20.3 Å². The third kappa shape index (κ3) is 3.59. The zero-order chi connectivity index (χ0) is 11.3. The third-order valence-corrected chi connectivity index (χ3v) is 2.47. The van der Waals surface area contributed by atoms with Crippen LogP contribution in [0.5, 0.6) is 0 Å². The number of hydrogen-bond acceptors (Lipinski definition) is 3. The van der Waals surface area contributed by atoms with Crippen molar-refractivity contribution in [1.29, 1.82) is 0 Å². The Morgan fingerprint density at radius 3 is 2.73 bits per heavy atom. The summed E-state index contributed by atoms with van der Waals surface area (Å²) in [4.78, 5) is 9.04. The normalized spacial score (nSPS) is 12.8. The molecule has 3 nitrogen and oxygen atoms in total. The molecule has 0 saturated carbocycles. The molecule has 0 aliphatic rings. The lowest BCUT2D eigenvalue weighted by molar-refractivity contribution is 0.636. The molecule has 1 heterocycles. The number of aromatic nitrogens is 2. The molecule has 1 unspecified atom stereocenters. The van der Waals surface area contributed by atoms with E-state index < -0.39 is 0 Å². The molecule has 2 N–H and O–H groups in total. The summed E-state index contributed by atoms with van der Waals surface area (Å²) in [5, 5.41) is 0. The van der Waals surface area contributed by atoms with E-state index >= 15 is 0 Å². The Labute approximate surface area is 92.1 Å². The molecular weight excluding hydrogens is 186 g/mol. The highest BCUT2D eigenvalue weighted by Gasteiger charge is 2.09. The number of hydrogen-bond donors (Lipinski definition) is 1. The largest absolute Gasteiger partial charge is 0.330 e. The highest BCUT2D eigenvalue weighted by Crippen LogP contribution is 2.15. The van der Waals surface area contributed by atoms with Gasteiger partial charge in [-0.05, 0) is 32.4 Å². The molecule has 1 atom stereocenters. The topological polar surface area (TPSA) is 51.8 Å². The molecule has 0 bridgehead atoms. The molecule has 84 valence electrons. The Bertz CT molecular complexity index is 310. The predicted molar refractivity (Wildman–Crippen MR) is 62.9 cm³/mol. The van der Waals surface area contributed by atoms with E-state index in [2.05, 4.69) is 29.9 Å². The van der Waals surface area contributed by atoms with E-state index in [1.54, 1.807) is 0 Å². The second-order valence-corrected chi connectivity index (χ2v) is 4.09. The lowest BCUT2D eigenvalue weighted by Crippen LogP contribution is -2.09. The van der Waals surface area contributed by atoms with Crippen molar-refractivity contribution in [2.75, 3.05) is 6.54 Å². The summed E-state index contributed by atoms with van der Waals surface area (Å²) in [6.45, 7) is 7.03. The molecule has 0 radical (unpaired) electrons. The average molecular weight is 207 g/mol. The Kier molecular flexibility index (Phi) is 4.69. The van der Waals surface area contributed by atoms with E-state index in [1.165, 1.54) is 0 Å². The predicted octanol–water partition coefficient (Wildman–Crippen LogP) is 2.19. The van der Waals surface area contributed by atoms with E-state index in [4.69, 9.17) is 5.73 Å². The van der Waals surface area contributed by atoms with Crippen LogP contribution in [0.15, 0.2) is 6.07 Å². The van der Waals surface area contributed by atoms with Crippen molar-refractivity contribution in [3.8, 4) is 0 Å². The van der Waals surface area contributed by atoms with E-state index in [-0.39, 0.29) is 0 Å². The summed E-state index contributed by atoms with van der Waals surface area (Å²) < 4.78 is 0. The monoisotopic (exact) mass is 207 g/mol. The molecule has 0 spiro atoms. The highest BCUT2D eigenvalue weighted by atomic mass is 14.9. The van der Waals surface area contributed by atoms with Gasteiger partial charge in [0.2, 0.25) is 0 Å². The summed E-state index contributed by atoms with van der Waals surface area (Å²) in [6.07, 6.45) is 3.11. The Hall–Kier alpha value is -0.960. The number of aryl methyl sites for hydroxylation is 2. The van der Waals surface area contributed by atoms with Crippen LogP contribution in [0.3, 0.4) is 0 Å². The molecule has 0 fully saturated rings. The van der Waals surface area contributed by atoms with E-state index in [9.17, 15) is 0 Å². The van der Waals surface area contributed by atoms with Gasteiger partial charge in [0.1, 0.15) is 5.82 Å². The van der Waals surface area contributed by atoms with Gasteiger partial charge in [-0.3, -0.25) is 0 Å². The summed E-state index contributed by atoms with van der Waals surface area (Å²) >= 11 is 0. The summed E-state index contributed by atoms with van der Waals surface area (Å²) in [5.74, 6) is 1.31. The van der Waals surface area contributed by atoms with E-state index in [0.29, 0.717) is 12.5 Å². The second kappa shape index (κ2) is 5.81. The molecular formula is C12H21N3. The van der Waals surface area contributed by atoms with E-state index in [0.717, 1.165) is 36.5 Å². The van der Waals surface area contributed by atoms with Gasteiger partial charge in [0.15, 0.2) is 0 Å². The maximum atomic E-state index is 5.55. The van der Waals surface area contributed by atoms with Gasteiger partial charge in [0.05, 0.1) is 0 Å². The molecule has 0 aromatic carbocycles. The number of rotatable bonds is 5. The molecule has 0 aliphatic heterocycles. The van der Waals surface area contributed by atoms with Crippen molar-refractivity contribution in [2.45, 2.75) is 46.0 Å². The van der Waals surface area contributed by atoms with Crippen molar-refractivity contribution < 1.29 is 0 Å². The lowest BCUT2D eigenvalue weighted by Gasteiger charge is -2.11. The fourth-order valence-electron chi connectivity index (χ4n) is 1.64. The highest BCUT2D eigenvalue weighted by molar-refractivity contribution is 5.12. The van der Waals surface area contributed by atoms with Crippen LogP contribution in [0, 0.1) is 6.92 Å². The minimum Gasteiger partial charge on any atom is -0.330 e. The Morgan fingerprint density at radius 1 is 1.40 bits per heavy atom. The van der Waals surface area contributed by atoms with Crippen LogP contribution in [0.1, 0.15) is 49.8 Å². The third-order valence-electron chi connectivity index (χ3n) is 2.47. The smallest absolute Gasteiger partial charge is 0.131 e. The maximum absolute atomic E-state index is 5.55. The fraction of sp³-hybridized carbons (Fsp3) is 0.667. The Morgan fingerprint density at radius 2 is 2.13 bits per heavy atom. The van der Waals surface area contributed by atoms with Crippen molar-refractivity contribution in [1.82, 2.24) is 9.97 Å². The maximum Gasteiger partial charge on any atom is 0.131 e. The average Bonchev–Trinajstić information content (AvgIpc) is 2.17. The zero-order valence-electron chi connectivity index (χ0n) is 9.95. The molecule has 1 aromatic rings. The van der Waals surface area contributed by atoms with Crippen molar-refractivity contribution in [2.24, 2.45) is 5.73 Å². The fourth-order valence-corrected chi connectivity index (χ4v) is 1.64. The van der Waals surface area contributed by atoms with Gasteiger partial charge in [0.25, 0.3) is 0 Å². The summed E-state index contributed by atoms with van der Waals surface area (Å²) in [7, 11) is 0. The Balaban J connectivity index is 2.87. The standard InChI is InChI=1S/C12H21N3/c1-4-5-11-8-10(3)14-12(15-11)9(2)6-7-13/h8-9H,4-7,13H2,1-3H3. The SMILES string of the molecule is CCCc1cc(C)nc(C(C)CCN)n1. The second-order valence-electron chi connectivity index (χ2n) is 4.09. The van der Waals surface area contributed by atoms with Crippen LogP contribution in [-0.4, -0.2) is 16.5 Å². The van der Waals surface area contributed by atoms with Gasteiger partial charge in [-0.15, -0.1) is 0 Å². The molecule has 15 heavy (non-hydrogen) atoms. The molecule has 1 rings (SSSR count). The minimum absolute atomic E-state index is 0.366. The lowest BCUT2D eigenvalue weighted by atomic mass is 10.1. The quantitative estimate of drug-likeness (QED) is 0.805. The van der Waals surface area contributed by atoms with Crippen LogP contribution < -0.4 is 5.73 Å². The van der Waals surface area contributed by atoms with Gasteiger partial charge in [0, 0.05) is 17.3 Å². The molecule has 0 amide bonds. The molecule has 0 aliphatic carbocycles. The first kappa shape index (κ1) is 12.1. The van der Waals surface area contributed by atoms with Crippen molar-refractivity contribution >= 4 is 0 Å². The molecule has 1 aromatic heterocycles. The zero-order valence-corrected chi connectivity index (χ0v) is 9.95. The van der Waals surface area contributed by atoms with Crippen molar-refractivity contribution in [3.63, 3.8) is 0 Å². The van der Waals surface area contributed by atoms with Crippen LogP contribution in [0.2, 0.25) is 0 Å². The first-order valence-electron chi connectivity index (χ1n) is 5.71. The molecule has 0 saturated heterocycles. The van der Waals surface area contributed by atoms with Gasteiger partial charge in [-0.25, -0.2) is 9.97 Å². The first-order valence-corrected chi connectivity index (χ1v) is 5.71. The van der Waals surface area contributed by atoms with Crippen LogP contribution >= 0.6 is 0 Å². The van der Waals surface area contributed by atoms with E-state index in [1.807, 2.05) is 6.92 Å². The summed E-state index contributed by atoms with van der Waals surface area (Å²) in [6, 6.07) is 2.07.